The minimum absolute atomic E-state index is 0.0134. The van der Waals surface area contributed by atoms with Crippen LogP contribution in [0.15, 0.2) is 91.8 Å². The van der Waals surface area contributed by atoms with E-state index in [0.29, 0.717) is 42.0 Å². The summed E-state index contributed by atoms with van der Waals surface area (Å²) in [6.07, 6.45) is 4.62. The molecule has 4 aromatic rings. The largest absolute Gasteiger partial charge is 0.506 e. The molecule has 1 aromatic heterocycles. The zero-order chi connectivity index (χ0) is 37.6. The summed E-state index contributed by atoms with van der Waals surface area (Å²) >= 11 is 0. The second-order valence-corrected chi connectivity index (χ2v) is 11.5. The maximum absolute atomic E-state index is 9.76. The number of pyridine rings is 1. The minimum atomic E-state index is -0.383. The zero-order valence-electron chi connectivity index (χ0n) is 30.5. The van der Waals surface area contributed by atoms with Gasteiger partial charge in [0.25, 0.3) is 0 Å². The number of aryl methyl sites for hydroxylation is 1. The van der Waals surface area contributed by atoms with E-state index < -0.39 is 0 Å². The molecular weight excluding hydrogens is 632 g/mol. The van der Waals surface area contributed by atoms with Crippen LogP contribution in [0.2, 0.25) is 0 Å². The molecule has 0 spiro atoms. The van der Waals surface area contributed by atoms with Crippen LogP contribution < -0.4 is 26.8 Å². The first-order valence-electron chi connectivity index (χ1n) is 16.5. The predicted molar refractivity (Wildman–Crippen MR) is 206 cm³/mol. The second-order valence-electron chi connectivity index (χ2n) is 11.5. The summed E-state index contributed by atoms with van der Waals surface area (Å²) in [7, 11) is 1.59. The van der Waals surface area contributed by atoms with Gasteiger partial charge in [-0.25, -0.2) is 10.9 Å². The highest BCUT2D eigenvalue weighted by Crippen LogP contribution is 2.35. The number of benzene rings is 3. The lowest BCUT2D eigenvalue weighted by molar-refractivity contribution is -0.0623. The van der Waals surface area contributed by atoms with Crippen LogP contribution in [0.5, 0.6) is 11.5 Å². The van der Waals surface area contributed by atoms with Gasteiger partial charge < -0.3 is 41.1 Å². The molecule has 0 fully saturated rings. The van der Waals surface area contributed by atoms with E-state index in [4.69, 9.17) is 36.0 Å². The Bertz CT molecular complexity index is 1590. The number of aliphatic hydroxyl groups excluding tert-OH is 2. The quantitative estimate of drug-likeness (QED) is 0.0481. The second kappa shape index (κ2) is 23.5. The standard InChI is InChI=1S/C24H27N3O4.C10H12.C6H14O.H3NO/c1-4-30-15(2)31-22-10-9-18(12-23(22)29-3)19-11-20(24(26)27-14-19)16-5-7-17(8-6-16)21(28)13-25;1-8(2)10-6-4-9(3)5-7-10;1-3-6(2)4-5-7;1-2/h5-15,28H,4,25H2,1-3H3,(H2,26,27);4-7H,1H2,2-3H3;6-7H,3-5H2,1-2H3;2H,1H2/b21-13-;;;. The summed E-state index contributed by atoms with van der Waals surface area (Å²) in [5.41, 5.74) is 19.2. The summed E-state index contributed by atoms with van der Waals surface area (Å²) in [4.78, 5) is 4.36. The van der Waals surface area contributed by atoms with Crippen molar-refractivity contribution >= 4 is 17.2 Å². The third-order valence-corrected chi connectivity index (χ3v) is 7.62. The Balaban J connectivity index is 0.000000537. The highest BCUT2D eigenvalue weighted by atomic mass is 16.7. The normalized spacial score (nSPS) is 11.7. The molecule has 0 amide bonds. The van der Waals surface area contributed by atoms with Crippen LogP contribution in [0, 0.1) is 12.8 Å². The fourth-order valence-electron chi connectivity index (χ4n) is 4.44. The number of aromatic nitrogens is 1. The van der Waals surface area contributed by atoms with Crippen LogP contribution in [0.4, 0.5) is 5.82 Å². The Kier molecular flexibility index (Phi) is 20.3. The van der Waals surface area contributed by atoms with Crippen molar-refractivity contribution in [2.45, 2.75) is 60.7 Å². The molecule has 0 aliphatic rings. The van der Waals surface area contributed by atoms with E-state index in [-0.39, 0.29) is 12.0 Å². The summed E-state index contributed by atoms with van der Waals surface area (Å²) in [6, 6.07) is 23.3. The number of nitrogen functional groups attached to an aromatic ring is 1. The van der Waals surface area contributed by atoms with Crippen LogP contribution in [0.25, 0.3) is 33.6 Å². The average Bonchev–Trinajstić information content (AvgIpc) is 3.13. The van der Waals surface area contributed by atoms with Gasteiger partial charge >= 0.3 is 0 Å². The van der Waals surface area contributed by atoms with Crippen LogP contribution in [-0.4, -0.2) is 47.0 Å². The molecule has 2 atom stereocenters. The molecule has 0 aliphatic carbocycles. The topological polar surface area (TPSA) is 179 Å². The summed E-state index contributed by atoms with van der Waals surface area (Å²) in [5, 5.41) is 24.6. The SMILES string of the molecule is C=C(C)c1ccc(C)cc1.CCC(C)CCO.CCOC(C)Oc1ccc(-c2cnc(N)c(-c3ccc(/C(O)=C/N)cc3)c2)cc1OC.NO. The third-order valence-electron chi connectivity index (χ3n) is 7.62. The highest BCUT2D eigenvalue weighted by Gasteiger charge is 2.13. The van der Waals surface area contributed by atoms with Gasteiger partial charge in [-0.2, -0.15) is 0 Å². The van der Waals surface area contributed by atoms with Crippen LogP contribution in [0.1, 0.15) is 64.2 Å². The zero-order valence-corrected chi connectivity index (χ0v) is 30.5. The van der Waals surface area contributed by atoms with Gasteiger partial charge in [-0.05, 0) is 74.9 Å². The highest BCUT2D eigenvalue weighted by molar-refractivity contribution is 5.80. The first kappa shape index (κ1) is 43.2. The summed E-state index contributed by atoms with van der Waals surface area (Å²) in [6.45, 7) is 16.9. The third kappa shape index (κ3) is 14.3. The number of nitrogens with zero attached hydrogens (tertiary/aromatic N) is 1. The molecule has 4 rings (SSSR count). The van der Waals surface area contributed by atoms with Gasteiger partial charge in [-0.1, -0.05) is 92.6 Å². The number of hydrogen-bond donors (Lipinski definition) is 6. The molecule has 0 radical (unpaired) electrons. The number of anilines is 1. The molecule has 1 heterocycles. The number of hydrogen-bond acceptors (Lipinski definition) is 10. The molecule has 10 nitrogen and oxygen atoms in total. The summed E-state index contributed by atoms with van der Waals surface area (Å²) in [5.74, 6) is 5.81. The monoisotopic (exact) mass is 688 g/mol. The van der Waals surface area contributed by atoms with Crippen LogP contribution >= 0.6 is 0 Å². The Hall–Kier alpha value is -4.87. The fourth-order valence-corrected chi connectivity index (χ4v) is 4.44. The number of aliphatic hydroxyl groups is 2. The fraction of sp³-hybridized carbons (Fsp3) is 0.325. The van der Waals surface area contributed by atoms with Crippen molar-refractivity contribution in [3.05, 3.63) is 108 Å². The van der Waals surface area contributed by atoms with Crippen molar-refractivity contribution in [3.63, 3.8) is 0 Å². The van der Waals surface area contributed by atoms with E-state index in [0.717, 1.165) is 40.4 Å². The van der Waals surface area contributed by atoms with Gasteiger partial charge in [0.15, 0.2) is 17.8 Å². The smallest absolute Gasteiger partial charge is 0.197 e. The molecule has 0 bridgehead atoms. The minimum Gasteiger partial charge on any atom is -0.506 e. The van der Waals surface area contributed by atoms with Crippen molar-refractivity contribution in [1.29, 1.82) is 0 Å². The number of methoxy groups -OCH3 is 1. The lowest BCUT2D eigenvalue weighted by Crippen LogP contribution is -2.16. The van der Waals surface area contributed by atoms with E-state index in [2.05, 4.69) is 62.5 Å². The molecule has 9 N–H and O–H groups in total. The van der Waals surface area contributed by atoms with Gasteiger partial charge in [-0.3, -0.25) is 0 Å². The first-order valence-corrected chi connectivity index (χ1v) is 16.5. The van der Waals surface area contributed by atoms with Gasteiger partial charge in [0.05, 0.1) is 7.11 Å². The van der Waals surface area contributed by atoms with E-state index >= 15 is 0 Å². The first-order chi connectivity index (χ1) is 24.0. The van der Waals surface area contributed by atoms with Gasteiger partial charge in [0.1, 0.15) is 11.6 Å². The van der Waals surface area contributed by atoms with Crippen molar-refractivity contribution in [2.75, 3.05) is 26.1 Å². The van der Waals surface area contributed by atoms with Crippen LogP contribution in [0.3, 0.4) is 0 Å². The van der Waals surface area contributed by atoms with E-state index in [1.165, 1.54) is 17.5 Å². The van der Waals surface area contributed by atoms with Crippen molar-refractivity contribution in [2.24, 2.45) is 17.5 Å². The average molecular weight is 689 g/mol. The molecule has 272 valence electrons. The van der Waals surface area contributed by atoms with Crippen LogP contribution in [-0.2, 0) is 4.74 Å². The lowest BCUT2D eigenvalue weighted by Gasteiger charge is -2.17. The molecule has 3 aromatic carbocycles. The van der Waals surface area contributed by atoms with E-state index in [1.807, 2.05) is 57.2 Å². The van der Waals surface area contributed by atoms with Gasteiger partial charge in [0.2, 0.25) is 0 Å². The predicted octanol–water partition coefficient (Wildman–Crippen LogP) is 8.36. The molecule has 0 saturated carbocycles. The number of rotatable bonds is 12. The van der Waals surface area contributed by atoms with Crippen molar-refractivity contribution in [1.82, 2.24) is 4.98 Å². The molecule has 50 heavy (non-hydrogen) atoms. The Labute approximate surface area is 297 Å². The number of ether oxygens (including phenoxy) is 3. The maximum Gasteiger partial charge on any atom is 0.197 e. The molecule has 0 saturated heterocycles. The van der Waals surface area contributed by atoms with Gasteiger partial charge in [0, 0.05) is 42.3 Å². The molecule has 2 unspecified atom stereocenters. The summed E-state index contributed by atoms with van der Waals surface area (Å²) < 4.78 is 16.7. The van der Waals surface area contributed by atoms with Crippen molar-refractivity contribution in [3.8, 4) is 33.8 Å². The number of nitrogens with two attached hydrogens (primary N) is 3. The Morgan fingerprint density at radius 2 is 1.50 bits per heavy atom. The molecular formula is C40H56N4O6. The Morgan fingerprint density at radius 3 is 2.00 bits per heavy atom. The molecule has 10 heteroatoms. The lowest BCUT2D eigenvalue weighted by atomic mass is 9.99. The Morgan fingerprint density at radius 1 is 0.900 bits per heavy atom. The molecule has 0 aliphatic heterocycles. The number of allylic oxidation sites excluding steroid dienone is 1. The van der Waals surface area contributed by atoms with E-state index in [1.54, 1.807) is 25.4 Å². The van der Waals surface area contributed by atoms with Gasteiger partial charge in [-0.15, -0.1) is 0 Å². The van der Waals surface area contributed by atoms with E-state index in [9.17, 15) is 5.11 Å². The van der Waals surface area contributed by atoms with Crippen molar-refractivity contribution < 1.29 is 29.6 Å². The maximum atomic E-state index is 9.76.